The van der Waals surface area contributed by atoms with Gasteiger partial charge in [-0.3, -0.25) is 4.79 Å². The fourth-order valence-electron chi connectivity index (χ4n) is 2.59. The number of ether oxygens (including phenoxy) is 1. The Morgan fingerprint density at radius 2 is 1.93 bits per heavy atom. The largest absolute Gasteiger partial charge is 0.504 e. The number of hydrogen-bond donors (Lipinski definition) is 3. The van der Waals surface area contributed by atoms with Crippen LogP contribution in [0, 0.1) is 0 Å². The van der Waals surface area contributed by atoms with Crippen molar-refractivity contribution in [2.24, 2.45) is 5.10 Å². The highest BCUT2D eigenvalue weighted by Crippen LogP contribution is 2.26. The molecule has 0 aliphatic carbocycles. The molecule has 3 rings (SSSR count). The quantitative estimate of drug-likeness (QED) is 0.443. The molecule has 0 aliphatic rings. The first-order valence-electron chi connectivity index (χ1n) is 8.66. The number of amides is 1. The highest BCUT2D eigenvalue weighted by atomic mass is 16.5. The van der Waals surface area contributed by atoms with Crippen molar-refractivity contribution in [3.05, 3.63) is 66.2 Å². The lowest BCUT2D eigenvalue weighted by Crippen LogP contribution is -2.25. The van der Waals surface area contributed by atoms with Crippen LogP contribution in [0.25, 0.3) is 10.8 Å². The van der Waals surface area contributed by atoms with Crippen LogP contribution in [0.15, 0.2) is 65.8 Å². The van der Waals surface area contributed by atoms with Crippen molar-refractivity contribution in [3.63, 3.8) is 0 Å². The molecule has 0 bridgehead atoms. The Morgan fingerprint density at radius 3 is 2.70 bits per heavy atom. The number of nitrogens with zero attached hydrogens (tertiary/aromatic N) is 1. The lowest BCUT2D eigenvalue weighted by Gasteiger charge is -2.07. The predicted molar refractivity (Wildman–Crippen MR) is 107 cm³/mol. The summed E-state index contributed by atoms with van der Waals surface area (Å²) < 4.78 is 5.26. The minimum absolute atomic E-state index is 0.0325. The van der Waals surface area contributed by atoms with Crippen molar-refractivity contribution < 1.29 is 14.6 Å². The second kappa shape index (κ2) is 8.71. The first-order valence-corrected chi connectivity index (χ1v) is 8.66. The molecule has 0 saturated heterocycles. The lowest BCUT2D eigenvalue weighted by molar-refractivity contribution is -0.119. The van der Waals surface area contributed by atoms with Crippen LogP contribution in [0.1, 0.15) is 12.5 Å². The number of hydrogen-bond acceptors (Lipinski definition) is 5. The number of anilines is 1. The number of carbonyl (C=O) groups is 1. The zero-order chi connectivity index (χ0) is 19.1. The second-order valence-corrected chi connectivity index (χ2v) is 5.87. The molecule has 6 heteroatoms. The van der Waals surface area contributed by atoms with Crippen LogP contribution in [0.3, 0.4) is 0 Å². The van der Waals surface area contributed by atoms with Crippen molar-refractivity contribution in [3.8, 4) is 11.5 Å². The van der Waals surface area contributed by atoms with E-state index in [1.807, 2.05) is 49.4 Å². The summed E-state index contributed by atoms with van der Waals surface area (Å²) >= 11 is 0. The predicted octanol–water partition coefficient (Wildman–Crippen LogP) is 3.51. The Labute approximate surface area is 157 Å². The van der Waals surface area contributed by atoms with Crippen LogP contribution >= 0.6 is 0 Å². The van der Waals surface area contributed by atoms with Crippen molar-refractivity contribution in [1.82, 2.24) is 5.43 Å². The molecule has 27 heavy (non-hydrogen) atoms. The van der Waals surface area contributed by atoms with E-state index in [2.05, 4.69) is 15.8 Å². The molecule has 0 heterocycles. The molecule has 1 amide bonds. The monoisotopic (exact) mass is 363 g/mol. The zero-order valence-corrected chi connectivity index (χ0v) is 15.0. The second-order valence-electron chi connectivity index (χ2n) is 5.87. The number of carbonyl (C=O) groups excluding carboxylic acids is 1. The fraction of sp³-hybridized carbons (Fsp3) is 0.143. The van der Waals surface area contributed by atoms with Gasteiger partial charge in [-0.25, -0.2) is 5.43 Å². The maximum absolute atomic E-state index is 11.9. The van der Waals surface area contributed by atoms with Gasteiger partial charge in [0.25, 0.3) is 5.91 Å². The smallest absolute Gasteiger partial charge is 0.259 e. The van der Waals surface area contributed by atoms with Gasteiger partial charge in [-0.2, -0.15) is 5.10 Å². The van der Waals surface area contributed by atoms with E-state index < -0.39 is 0 Å². The number of fused-ring (bicyclic) bond motifs is 1. The summed E-state index contributed by atoms with van der Waals surface area (Å²) in [6, 6.07) is 18.9. The van der Waals surface area contributed by atoms with Gasteiger partial charge in [0.2, 0.25) is 0 Å². The van der Waals surface area contributed by atoms with Crippen LogP contribution in [0.5, 0.6) is 11.5 Å². The summed E-state index contributed by atoms with van der Waals surface area (Å²) in [5, 5.41) is 19.1. The third kappa shape index (κ3) is 4.98. The Hall–Kier alpha value is -3.54. The van der Waals surface area contributed by atoms with Crippen LogP contribution in [0.4, 0.5) is 5.69 Å². The third-order valence-corrected chi connectivity index (χ3v) is 3.89. The van der Waals surface area contributed by atoms with Gasteiger partial charge in [-0.05, 0) is 53.6 Å². The highest BCUT2D eigenvalue weighted by molar-refractivity contribution is 5.87. The summed E-state index contributed by atoms with van der Waals surface area (Å²) in [5.74, 6) is 0.179. The number of rotatable bonds is 7. The summed E-state index contributed by atoms with van der Waals surface area (Å²) in [6.07, 6.45) is 1.46. The van der Waals surface area contributed by atoms with E-state index in [9.17, 15) is 9.90 Å². The number of phenols is 1. The molecule has 0 aromatic heterocycles. The maximum Gasteiger partial charge on any atom is 0.259 e. The fourth-order valence-corrected chi connectivity index (χ4v) is 2.59. The van der Waals surface area contributed by atoms with E-state index in [1.54, 1.807) is 12.1 Å². The van der Waals surface area contributed by atoms with Gasteiger partial charge in [-0.15, -0.1) is 0 Å². The van der Waals surface area contributed by atoms with Gasteiger partial charge in [-0.1, -0.05) is 30.3 Å². The number of nitrogens with one attached hydrogen (secondary N) is 2. The molecule has 0 radical (unpaired) electrons. The molecule has 138 valence electrons. The molecular weight excluding hydrogens is 342 g/mol. The summed E-state index contributed by atoms with van der Waals surface area (Å²) in [5.41, 5.74) is 3.97. The number of aromatic hydroxyl groups is 1. The van der Waals surface area contributed by atoms with Crippen LogP contribution in [0.2, 0.25) is 0 Å². The van der Waals surface area contributed by atoms with Crippen molar-refractivity contribution in [2.75, 3.05) is 18.5 Å². The molecule has 3 aromatic carbocycles. The lowest BCUT2D eigenvalue weighted by atomic mass is 10.1. The standard InChI is InChI=1S/C21H21N3O3/c1-2-27-20-10-7-15(11-19(20)25)13-23-24-21(26)14-22-18-9-8-16-5-3-4-6-17(16)12-18/h3-13,22,25H,2,14H2,1H3,(H,24,26). The van der Waals surface area contributed by atoms with Gasteiger partial charge < -0.3 is 15.2 Å². The molecule has 0 saturated carbocycles. The topological polar surface area (TPSA) is 83.0 Å². The van der Waals surface area contributed by atoms with E-state index in [4.69, 9.17) is 4.74 Å². The normalized spacial score (nSPS) is 10.9. The van der Waals surface area contributed by atoms with E-state index in [-0.39, 0.29) is 18.2 Å². The minimum Gasteiger partial charge on any atom is -0.504 e. The molecule has 0 atom stereocenters. The molecule has 3 N–H and O–H groups in total. The van der Waals surface area contributed by atoms with Gasteiger partial charge in [0.15, 0.2) is 11.5 Å². The van der Waals surface area contributed by atoms with Gasteiger partial charge in [0.05, 0.1) is 19.4 Å². The first kappa shape index (κ1) is 18.3. The summed E-state index contributed by atoms with van der Waals surface area (Å²) in [7, 11) is 0. The Bertz CT molecular complexity index is 970. The molecule has 0 spiro atoms. The number of phenolic OH excluding ortho intramolecular Hbond substituents is 1. The van der Waals surface area contributed by atoms with Crippen LogP contribution in [-0.2, 0) is 4.79 Å². The van der Waals surface area contributed by atoms with Gasteiger partial charge in [0.1, 0.15) is 0 Å². The van der Waals surface area contributed by atoms with Gasteiger partial charge >= 0.3 is 0 Å². The third-order valence-electron chi connectivity index (χ3n) is 3.89. The van der Waals surface area contributed by atoms with Crippen LogP contribution < -0.4 is 15.5 Å². The highest BCUT2D eigenvalue weighted by Gasteiger charge is 2.03. The van der Waals surface area contributed by atoms with E-state index >= 15 is 0 Å². The average molecular weight is 363 g/mol. The molecule has 0 unspecified atom stereocenters. The van der Waals surface area contributed by atoms with Crippen molar-refractivity contribution in [2.45, 2.75) is 6.92 Å². The Kier molecular flexibility index (Phi) is 5.89. The molecule has 3 aromatic rings. The zero-order valence-electron chi connectivity index (χ0n) is 15.0. The number of hydrazone groups is 1. The SMILES string of the molecule is CCOc1ccc(C=NNC(=O)CNc2ccc3ccccc3c2)cc1O. The van der Waals surface area contributed by atoms with E-state index in [0.29, 0.717) is 17.9 Å². The number of benzene rings is 3. The molecule has 0 fully saturated rings. The summed E-state index contributed by atoms with van der Waals surface area (Å²) in [4.78, 5) is 11.9. The minimum atomic E-state index is -0.269. The van der Waals surface area contributed by atoms with Gasteiger partial charge in [0, 0.05) is 5.69 Å². The van der Waals surface area contributed by atoms with E-state index in [1.165, 1.54) is 12.3 Å². The van der Waals surface area contributed by atoms with Crippen LogP contribution in [-0.4, -0.2) is 30.4 Å². The molecule has 6 nitrogen and oxygen atoms in total. The van der Waals surface area contributed by atoms with Crippen molar-refractivity contribution in [1.29, 1.82) is 0 Å². The maximum atomic E-state index is 11.9. The molecular formula is C21H21N3O3. The van der Waals surface area contributed by atoms with Crippen molar-refractivity contribution >= 4 is 28.6 Å². The molecule has 0 aliphatic heterocycles. The average Bonchev–Trinajstić information content (AvgIpc) is 2.68. The van der Waals surface area contributed by atoms with E-state index in [0.717, 1.165) is 16.5 Å². The summed E-state index contributed by atoms with van der Waals surface area (Å²) in [6.45, 7) is 2.42. The Balaban J connectivity index is 1.51. The Morgan fingerprint density at radius 1 is 1.11 bits per heavy atom. The first-order chi connectivity index (χ1) is 13.2.